The molecule has 0 fully saturated rings. The molecule has 0 aliphatic rings. The number of nitro benzene ring substituents is 1. The highest BCUT2D eigenvalue weighted by molar-refractivity contribution is 5.69. The van der Waals surface area contributed by atoms with Crippen LogP contribution in [0.25, 0.3) is 0 Å². The van der Waals surface area contributed by atoms with Crippen LogP contribution in [-0.4, -0.2) is 38.2 Å². The van der Waals surface area contributed by atoms with Gasteiger partial charge in [-0.25, -0.2) is 0 Å². The molecule has 0 heterocycles. The fraction of sp³-hybridized carbons (Fsp3) is 0.571. The van der Waals surface area contributed by atoms with E-state index in [1.165, 1.54) is 0 Å². The van der Waals surface area contributed by atoms with Crippen molar-refractivity contribution in [3.63, 3.8) is 0 Å². The maximum atomic E-state index is 11.3. The first kappa shape index (κ1) is 16.2. The fourth-order valence-electron chi connectivity index (χ4n) is 1.96. The average molecular weight is 281 g/mol. The highest BCUT2D eigenvalue weighted by atomic mass is 16.6. The Morgan fingerprint density at radius 3 is 2.70 bits per heavy atom. The van der Waals surface area contributed by atoms with Crippen molar-refractivity contribution < 1.29 is 9.66 Å². The number of rotatable bonds is 8. The van der Waals surface area contributed by atoms with Gasteiger partial charge in [0, 0.05) is 13.6 Å². The smallest absolute Gasteiger partial charge is 0.333 e. The zero-order valence-electron chi connectivity index (χ0n) is 12.5. The number of anilines is 1. The molecule has 0 atom stereocenters. The van der Waals surface area contributed by atoms with Gasteiger partial charge in [-0.2, -0.15) is 0 Å². The lowest BCUT2D eigenvalue weighted by Gasteiger charge is -2.20. The minimum absolute atomic E-state index is 0.0353. The van der Waals surface area contributed by atoms with Crippen LogP contribution in [0.2, 0.25) is 0 Å². The Morgan fingerprint density at radius 1 is 1.45 bits per heavy atom. The van der Waals surface area contributed by atoms with Gasteiger partial charge in [-0.3, -0.25) is 10.1 Å². The molecular weight excluding hydrogens is 258 g/mol. The van der Waals surface area contributed by atoms with Crippen molar-refractivity contribution in [1.29, 1.82) is 0 Å². The number of para-hydroxylation sites is 1. The van der Waals surface area contributed by atoms with Gasteiger partial charge in [0.25, 0.3) is 0 Å². The van der Waals surface area contributed by atoms with Crippen molar-refractivity contribution in [1.82, 2.24) is 5.32 Å². The van der Waals surface area contributed by atoms with E-state index in [4.69, 9.17) is 4.74 Å². The second kappa shape index (κ2) is 7.69. The van der Waals surface area contributed by atoms with E-state index in [-0.39, 0.29) is 16.7 Å². The van der Waals surface area contributed by atoms with Crippen LogP contribution < -0.4 is 15.0 Å². The first-order chi connectivity index (χ1) is 9.47. The quantitative estimate of drug-likeness (QED) is 0.450. The number of ether oxygens (including phenoxy) is 1. The van der Waals surface area contributed by atoms with Crippen molar-refractivity contribution in [3.05, 3.63) is 28.3 Å². The second-order valence-corrected chi connectivity index (χ2v) is 4.93. The molecule has 6 nitrogen and oxygen atoms in total. The van der Waals surface area contributed by atoms with Gasteiger partial charge in [0.05, 0.1) is 11.0 Å². The molecule has 0 saturated heterocycles. The zero-order chi connectivity index (χ0) is 15.1. The summed E-state index contributed by atoms with van der Waals surface area (Å²) in [6.07, 6.45) is 0.818. The second-order valence-electron chi connectivity index (χ2n) is 4.93. The number of nitro groups is 1. The Morgan fingerprint density at radius 2 is 2.15 bits per heavy atom. The fourth-order valence-corrected chi connectivity index (χ4v) is 1.96. The lowest BCUT2D eigenvalue weighted by molar-refractivity contribution is -0.385. The molecule has 0 spiro atoms. The number of hydrogen-bond acceptors (Lipinski definition) is 5. The van der Waals surface area contributed by atoms with E-state index in [1.54, 1.807) is 18.2 Å². The Hall–Kier alpha value is -1.82. The molecule has 0 radical (unpaired) electrons. The molecule has 20 heavy (non-hydrogen) atoms. The van der Waals surface area contributed by atoms with E-state index in [2.05, 4.69) is 5.32 Å². The molecular formula is C14H23N3O3. The third-order valence-corrected chi connectivity index (χ3v) is 2.85. The van der Waals surface area contributed by atoms with Crippen molar-refractivity contribution in [3.8, 4) is 5.75 Å². The standard InChI is InChI=1S/C14H23N3O3/c1-11(2)20-13-8-5-7-12(14(13)17(18)19)16(4)10-6-9-15-3/h5,7-8,11,15H,6,9-10H2,1-4H3. The highest BCUT2D eigenvalue weighted by Gasteiger charge is 2.23. The normalized spacial score (nSPS) is 10.7. The summed E-state index contributed by atoms with van der Waals surface area (Å²) < 4.78 is 5.54. The van der Waals surface area contributed by atoms with Crippen molar-refractivity contribution in [2.24, 2.45) is 0 Å². The summed E-state index contributed by atoms with van der Waals surface area (Å²) in [5.74, 6) is 0.322. The molecule has 1 aromatic rings. The average Bonchev–Trinajstić information content (AvgIpc) is 2.37. The molecule has 0 aromatic heterocycles. The maximum absolute atomic E-state index is 11.3. The molecule has 1 N–H and O–H groups in total. The zero-order valence-corrected chi connectivity index (χ0v) is 12.5. The minimum atomic E-state index is -0.373. The number of nitrogens with one attached hydrogen (secondary N) is 1. The van der Waals surface area contributed by atoms with Crippen LogP contribution in [0.15, 0.2) is 18.2 Å². The van der Waals surface area contributed by atoms with Gasteiger partial charge in [0.2, 0.25) is 0 Å². The lowest BCUT2D eigenvalue weighted by atomic mass is 10.2. The van der Waals surface area contributed by atoms with E-state index in [0.29, 0.717) is 11.4 Å². The van der Waals surface area contributed by atoms with Crippen LogP contribution in [0.4, 0.5) is 11.4 Å². The summed E-state index contributed by atoms with van der Waals surface area (Å²) >= 11 is 0. The molecule has 0 aliphatic carbocycles. The van der Waals surface area contributed by atoms with Gasteiger partial charge < -0.3 is 15.0 Å². The first-order valence-corrected chi connectivity index (χ1v) is 6.77. The van der Waals surface area contributed by atoms with Crippen LogP contribution in [-0.2, 0) is 0 Å². The molecule has 0 unspecified atom stereocenters. The predicted molar refractivity (Wildman–Crippen MR) is 80.7 cm³/mol. The van der Waals surface area contributed by atoms with E-state index >= 15 is 0 Å². The summed E-state index contributed by atoms with van der Waals surface area (Å²) in [6, 6.07) is 5.18. The Labute approximate surface area is 119 Å². The topological polar surface area (TPSA) is 67.6 Å². The molecule has 0 amide bonds. The summed E-state index contributed by atoms with van der Waals surface area (Å²) in [5, 5.41) is 14.4. The molecule has 0 saturated carbocycles. The molecule has 0 aliphatic heterocycles. The number of benzene rings is 1. The minimum Gasteiger partial charge on any atom is -0.484 e. The van der Waals surface area contributed by atoms with Gasteiger partial charge in [-0.15, -0.1) is 0 Å². The number of hydrogen-bond donors (Lipinski definition) is 1. The van der Waals surface area contributed by atoms with E-state index < -0.39 is 0 Å². The summed E-state index contributed by atoms with van der Waals surface area (Å²) in [6.45, 7) is 5.33. The third-order valence-electron chi connectivity index (χ3n) is 2.85. The Kier molecular flexibility index (Phi) is 6.24. The lowest BCUT2D eigenvalue weighted by Crippen LogP contribution is -2.23. The summed E-state index contributed by atoms with van der Waals surface area (Å²) in [7, 11) is 3.75. The van der Waals surface area contributed by atoms with Crippen LogP contribution in [0.3, 0.4) is 0 Å². The van der Waals surface area contributed by atoms with Gasteiger partial charge in [0.15, 0.2) is 5.75 Å². The largest absolute Gasteiger partial charge is 0.484 e. The van der Waals surface area contributed by atoms with Crippen LogP contribution in [0.5, 0.6) is 5.75 Å². The summed E-state index contributed by atoms with van der Waals surface area (Å²) in [4.78, 5) is 12.9. The maximum Gasteiger partial charge on any atom is 0.333 e. The third kappa shape index (κ3) is 4.38. The van der Waals surface area contributed by atoms with E-state index in [0.717, 1.165) is 19.5 Å². The van der Waals surface area contributed by atoms with Gasteiger partial charge in [-0.05, 0) is 46.0 Å². The van der Waals surface area contributed by atoms with E-state index in [9.17, 15) is 10.1 Å². The van der Waals surface area contributed by atoms with Gasteiger partial charge in [-0.1, -0.05) is 6.07 Å². The highest BCUT2D eigenvalue weighted by Crippen LogP contribution is 2.37. The van der Waals surface area contributed by atoms with Gasteiger partial charge >= 0.3 is 5.69 Å². The van der Waals surface area contributed by atoms with Crippen molar-refractivity contribution >= 4 is 11.4 Å². The monoisotopic (exact) mass is 281 g/mol. The molecule has 0 bridgehead atoms. The molecule has 1 aromatic carbocycles. The Bertz CT molecular complexity index is 449. The molecule has 6 heteroatoms. The Balaban J connectivity index is 3.02. The van der Waals surface area contributed by atoms with Crippen LogP contribution >= 0.6 is 0 Å². The summed E-state index contributed by atoms with van der Waals surface area (Å²) in [5.41, 5.74) is 0.623. The molecule has 1 rings (SSSR count). The van der Waals surface area contributed by atoms with E-state index in [1.807, 2.05) is 32.8 Å². The van der Waals surface area contributed by atoms with Crippen molar-refractivity contribution in [2.45, 2.75) is 26.4 Å². The van der Waals surface area contributed by atoms with Crippen LogP contribution in [0, 0.1) is 10.1 Å². The van der Waals surface area contributed by atoms with Crippen molar-refractivity contribution in [2.75, 3.05) is 32.1 Å². The predicted octanol–water partition coefficient (Wildman–Crippen LogP) is 2.43. The number of nitrogens with zero attached hydrogens (tertiary/aromatic N) is 2. The van der Waals surface area contributed by atoms with Crippen LogP contribution in [0.1, 0.15) is 20.3 Å². The molecule has 112 valence electrons. The van der Waals surface area contributed by atoms with Gasteiger partial charge in [0.1, 0.15) is 5.69 Å². The SMILES string of the molecule is CNCCCN(C)c1cccc(OC(C)C)c1[N+](=O)[O-]. The first-order valence-electron chi connectivity index (χ1n) is 6.77.